The molecule has 1 aliphatic carbocycles. The van der Waals surface area contributed by atoms with Crippen LogP contribution in [-0.4, -0.2) is 48.6 Å². The Morgan fingerprint density at radius 1 is 1.33 bits per heavy atom. The average molecular weight is 253 g/mol. The number of rotatable bonds is 3. The molecule has 104 valence electrons. The summed E-state index contributed by atoms with van der Waals surface area (Å²) < 4.78 is 0. The smallest absolute Gasteiger partial charge is 0.237 e. The summed E-state index contributed by atoms with van der Waals surface area (Å²) in [5.74, 6) is 0.219. The lowest BCUT2D eigenvalue weighted by molar-refractivity contribution is -0.127. The number of carbonyl (C=O) groups is 1. The van der Waals surface area contributed by atoms with Crippen LogP contribution in [0, 0.1) is 0 Å². The predicted octanol–water partition coefficient (Wildman–Crippen LogP) is 1.12. The molecule has 4 heteroatoms. The Morgan fingerprint density at radius 2 is 2.06 bits per heavy atom. The minimum Gasteiger partial charge on any atom is -0.352 e. The van der Waals surface area contributed by atoms with Gasteiger partial charge in [-0.05, 0) is 26.7 Å². The highest BCUT2D eigenvalue weighted by Crippen LogP contribution is 2.17. The molecule has 1 saturated heterocycles. The van der Waals surface area contributed by atoms with E-state index in [0.717, 1.165) is 32.5 Å². The van der Waals surface area contributed by atoms with Gasteiger partial charge in [0.1, 0.15) is 0 Å². The monoisotopic (exact) mass is 253 g/mol. The molecule has 1 aliphatic heterocycles. The first-order valence-corrected chi connectivity index (χ1v) is 7.44. The maximum absolute atomic E-state index is 12.2. The fourth-order valence-electron chi connectivity index (χ4n) is 3.05. The van der Waals surface area contributed by atoms with E-state index < -0.39 is 0 Å². The molecule has 4 nitrogen and oxygen atoms in total. The van der Waals surface area contributed by atoms with Gasteiger partial charge < -0.3 is 10.6 Å². The minimum absolute atomic E-state index is 0.0106. The molecule has 1 amide bonds. The highest BCUT2D eigenvalue weighted by Gasteiger charge is 2.26. The lowest BCUT2D eigenvalue weighted by Crippen LogP contribution is -2.56. The molecule has 0 bridgehead atoms. The largest absolute Gasteiger partial charge is 0.352 e. The van der Waals surface area contributed by atoms with Crippen molar-refractivity contribution in [1.82, 2.24) is 15.5 Å². The molecule has 0 aromatic rings. The third-order valence-electron chi connectivity index (χ3n) is 4.28. The van der Waals surface area contributed by atoms with Crippen LogP contribution in [0.4, 0.5) is 0 Å². The number of piperazine rings is 1. The molecule has 2 N–H and O–H groups in total. The summed E-state index contributed by atoms with van der Waals surface area (Å²) in [4.78, 5) is 14.5. The molecule has 0 radical (unpaired) electrons. The second-order valence-corrected chi connectivity index (χ2v) is 5.87. The summed E-state index contributed by atoms with van der Waals surface area (Å²) in [6.07, 6.45) is 6.19. The van der Waals surface area contributed by atoms with Crippen molar-refractivity contribution >= 4 is 5.91 Å². The van der Waals surface area contributed by atoms with Crippen LogP contribution in [0.3, 0.4) is 0 Å². The standard InChI is InChI=1S/C14H27N3O/c1-11-10-17(9-8-15-11)12(2)14(18)16-13-6-4-3-5-7-13/h11-13,15H,3-10H2,1-2H3,(H,16,18)/t11-,12?/m0/s1. The quantitative estimate of drug-likeness (QED) is 0.792. The molecule has 0 aromatic heterocycles. The van der Waals surface area contributed by atoms with E-state index in [-0.39, 0.29) is 11.9 Å². The zero-order chi connectivity index (χ0) is 13.0. The summed E-state index contributed by atoms with van der Waals surface area (Å²) in [6, 6.07) is 0.925. The number of nitrogens with one attached hydrogen (secondary N) is 2. The SMILES string of the molecule is CC(C(=O)NC1CCCCC1)N1CCN[C@@H](C)C1. The first-order valence-electron chi connectivity index (χ1n) is 7.44. The summed E-state index contributed by atoms with van der Waals surface area (Å²) >= 11 is 0. The Balaban J connectivity index is 1.79. The van der Waals surface area contributed by atoms with Crippen LogP contribution in [0.1, 0.15) is 46.0 Å². The summed E-state index contributed by atoms with van der Waals surface area (Å²) in [5.41, 5.74) is 0. The van der Waals surface area contributed by atoms with E-state index in [1.165, 1.54) is 19.3 Å². The summed E-state index contributed by atoms with van der Waals surface area (Å²) in [7, 11) is 0. The van der Waals surface area contributed by atoms with Crippen LogP contribution >= 0.6 is 0 Å². The van der Waals surface area contributed by atoms with Gasteiger partial charge in [0.05, 0.1) is 6.04 Å². The van der Waals surface area contributed by atoms with Gasteiger partial charge in [0, 0.05) is 31.7 Å². The zero-order valence-corrected chi connectivity index (χ0v) is 11.7. The van der Waals surface area contributed by atoms with E-state index >= 15 is 0 Å². The second kappa shape index (κ2) is 6.53. The van der Waals surface area contributed by atoms with E-state index in [0.29, 0.717) is 12.1 Å². The summed E-state index contributed by atoms with van der Waals surface area (Å²) in [6.45, 7) is 7.15. The van der Waals surface area contributed by atoms with E-state index in [1.807, 2.05) is 6.92 Å². The van der Waals surface area contributed by atoms with Crippen molar-refractivity contribution in [2.75, 3.05) is 19.6 Å². The van der Waals surface area contributed by atoms with Gasteiger partial charge >= 0.3 is 0 Å². The Hall–Kier alpha value is -0.610. The molecule has 1 unspecified atom stereocenters. The van der Waals surface area contributed by atoms with Gasteiger partial charge in [0.2, 0.25) is 5.91 Å². The molecule has 2 rings (SSSR count). The summed E-state index contributed by atoms with van der Waals surface area (Å²) in [5, 5.41) is 6.64. The number of nitrogens with zero attached hydrogens (tertiary/aromatic N) is 1. The highest BCUT2D eigenvalue weighted by molar-refractivity contribution is 5.81. The van der Waals surface area contributed by atoms with E-state index in [9.17, 15) is 4.79 Å². The number of hydrogen-bond acceptors (Lipinski definition) is 3. The van der Waals surface area contributed by atoms with Gasteiger partial charge in [-0.1, -0.05) is 19.3 Å². The van der Waals surface area contributed by atoms with Crippen molar-refractivity contribution in [1.29, 1.82) is 0 Å². The van der Waals surface area contributed by atoms with Crippen LogP contribution in [0.2, 0.25) is 0 Å². The lowest BCUT2D eigenvalue weighted by Gasteiger charge is -2.36. The average Bonchev–Trinajstić information content (AvgIpc) is 2.39. The maximum atomic E-state index is 12.2. The van der Waals surface area contributed by atoms with Crippen molar-refractivity contribution in [3.05, 3.63) is 0 Å². The Morgan fingerprint density at radius 3 is 2.72 bits per heavy atom. The van der Waals surface area contributed by atoms with Crippen molar-refractivity contribution in [3.8, 4) is 0 Å². The third-order valence-corrected chi connectivity index (χ3v) is 4.28. The normalized spacial score (nSPS) is 28.9. The topological polar surface area (TPSA) is 44.4 Å². The van der Waals surface area contributed by atoms with E-state index in [2.05, 4.69) is 22.5 Å². The molecule has 2 aliphatic rings. The van der Waals surface area contributed by atoms with Crippen LogP contribution in [0.15, 0.2) is 0 Å². The highest BCUT2D eigenvalue weighted by atomic mass is 16.2. The number of carbonyl (C=O) groups excluding carboxylic acids is 1. The van der Waals surface area contributed by atoms with Gasteiger partial charge in [0.25, 0.3) is 0 Å². The van der Waals surface area contributed by atoms with Crippen LogP contribution in [-0.2, 0) is 4.79 Å². The number of hydrogen-bond donors (Lipinski definition) is 2. The first kappa shape index (κ1) is 13.8. The fourth-order valence-corrected chi connectivity index (χ4v) is 3.05. The number of amides is 1. The molecule has 2 fully saturated rings. The second-order valence-electron chi connectivity index (χ2n) is 5.87. The van der Waals surface area contributed by atoms with Crippen molar-refractivity contribution in [3.63, 3.8) is 0 Å². The maximum Gasteiger partial charge on any atom is 0.237 e. The van der Waals surface area contributed by atoms with Gasteiger partial charge in [-0.2, -0.15) is 0 Å². The van der Waals surface area contributed by atoms with Gasteiger partial charge in [-0.3, -0.25) is 9.69 Å². The molecule has 0 aromatic carbocycles. The van der Waals surface area contributed by atoms with Crippen molar-refractivity contribution < 1.29 is 4.79 Å². The van der Waals surface area contributed by atoms with E-state index in [4.69, 9.17) is 0 Å². The molecule has 1 saturated carbocycles. The molecule has 1 heterocycles. The van der Waals surface area contributed by atoms with Gasteiger partial charge in [-0.25, -0.2) is 0 Å². The zero-order valence-electron chi connectivity index (χ0n) is 11.7. The minimum atomic E-state index is 0.0106. The van der Waals surface area contributed by atoms with E-state index in [1.54, 1.807) is 0 Å². The Labute approximate surface area is 110 Å². The van der Waals surface area contributed by atoms with Gasteiger partial charge in [0.15, 0.2) is 0 Å². The van der Waals surface area contributed by atoms with Crippen molar-refractivity contribution in [2.45, 2.75) is 64.1 Å². The predicted molar refractivity (Wildman–Crippen MR) is 73.5 cm³/mol. The van der Waals surface area contributed by atoms with Crippen LogP contribution in [0.25, 0.3) is 0 Å². The fraction of sp³-hybridized carbons (Fsp3) is 0.929. The lowest BCUT2D eigenvalue weighted by atomic mass is 9.95. The Bertz CT molecular complexity index is 276. The molecule has 0 spiro atoms. The third kappa shape index (κ3) is 3.69. The molecule has 18 heavy (non-hydrogen) atoms. The molecular formula is C14H27N3O. The first-order chi connectivity index (χ1) is 8.66. The Kier molecular flexibility index (Phi) is 5.01. The van der Waals surface area contributed by atoms with Crippen LogP contribution in [0.5, 0.6) is 0 Å². The van der Waals surface area contributed by atoms with Gasteiger partial charge in [-0.15, -0.1) is 0 Å². The van der Waals surface area contributed by atoms with Crippen molar-refractivity contribution in [2.24, 2.45) is 0 Å². The van der Waals surface area contributed by atoms with Crippen LogP contribution < -0.4 is 10.6 Å². The molecule has 2 atom stereocenters. The molecular weight excluding hydrogens is 226 g/mol.